The van der Waals surface area contributed by atoms with Crippen LogP contribution in [0.5, 0.6) is 0 Å². The average Bonchev–Trinajstić information content (AvgIpc) is 2.26. The summed E-state index contributed by atoms with van der Waals surface area (Å²) in [4.78, 5) is 10.8. The van der Waals surface area contributed by atoms with Crippen molar-refractivity contribution in [2.75, 3.05) is 0 Å². The molecule has 1 N–H and O–H groups in total. The minimum absolute atomic E-state index is 0.417. The maximum atomic E-state index is 10.8. The largest absolute Gasteiger partial charge is 0.481 e. The Labute approximate surface area is 97.3 Å². The van der Waals surface area contributed by atoms with Gasteiger partial charge in [-0.2, -0.15) is 0 Å². The summed E-state index contributed by atoms with van der Waals surface area (Å²) in [6.07, 6.45) is 2.24. The number of rotatable bonds is 5. The fourth-order valence-corrected chi connectivity index (χ4v) is 1.57. The molecule has 0 spiro atoms. The van der Waals surface area contributed by atoms with E-state index in [0.29, 0.717) is 5.92 Å². The van der Waals surface area contributed by atoms with Gasteiger partial charge in [0, 0.05) is 0 Å². The number of carbonyl (C=O) groups is 1. The summed E-state index contributed by atoms with van der Waals surface area (Å²) in [5, 5.41) is 8.88. The van der Waals surface area contributed by atoms with Gasteiger partial charge < -0.3 is 5.11 Å². The lowest BCUT2D eigenvalue weighted by Crippen LogP contribution is -2.07. The van der Waals surface area contributed by atoms with Crippen LogP contribution >= 0.6 is 0 Å². The number of hydrogen-bond donors (Lipinski definition) is 1. The highest BCUT2D eigenvalue weighted by Crippen LogP contribution is 2.17. The van der Waals surface area contributed by atoms with Gasteiger partial charge in [-0.25, -0.2) is 0 Å². The van der Waals surface area contributed by atoms with Gasteiger partial charge in [-0.15, -0.1) is 0 Å². The van der Waals surface area contributed by atoms with Crippen LogP contribution in [0, 0.1) is 5.92 Å². The van der Waals surface area contributed by atoms with Crippen molar-refractivity contribution in [1.29, 1.82) is 0 Å². The van der Waals surface area contributed by atoms with E-state index in [9.17, 15) is 4.79 Å². The third-order valence-electron chi connectivity index (χ3n) is 2.86. The van der Waals surface area contributed by atoms with Crippen LogP contribution < -0.4 is 0 Å². The zero-order valence-corrected chi connectivity index (χ0v) is 10.2. The second kappa shape index (κ2) is 5.69. The summed E-state index contributed by atoms with van der Waals surface area (Å²) in [6.45, 7) is 6.13. The Morgan fingerprint density at radius 1 is 1.19 bits per heavy atom. The molecule has 16 heavy (non-hydrogen) atoms. The summed E-state index contributed by atoms with van der Waals surface area (Å²) in [5.74, 6) is -0.480. The Morgan fingerprint density at radius 3 is 2.19 bits per heavy atom. The van der Waals surface area contributed by atoms with Gasteiger partial charge >= 0.3 is 5.97 Å². The Balaban J connectivity index is 2.64. The molecule has 0 unspecified atom stereocenters. The minimum atomic E-state index is -0.769. The molecule has 0 heterocycles. The first-order chi connectivity index (χ1) is 7.50. The molecule has 88 valence electrons. The Morgan fingerprint density at radius 2 is 1.75 bits per heavy atom. The van der Waals surface area contributed by atoms with E-state index >= 15 is 0 Å². The first kappa shape index (κ1) is 12.8. The topological polar surface area (TPSA) is 37.3 Å². The monoisotopic (exact) mass is 220 g/mol. The van der Waals surface area contributed by atoms with Crippen molar-refractivity contribution in [3.05, 3.63) is 35.4 Å². The van der Waals surface area contributed by atoms with Gasteiger partial charge in [0.2, 0.25) is 0 Å². The number of aryl methyl sites for hydroxylation is 1. The standard InChI is InChI=1S/C14H20O2/c1-10(2)4-5-12-6-8-13(9-7-12)11(3)14(15)16/h6-11H,4-5H2,1-3H3,(H,15,16)/t11-/m1/s1. The van der Waals surface area contributed by atoms with Crippen LogP contribution in [0.4, 0.5) is 0 Å². The first-order valence-corrected chi connectivity index (χ1v) is 5.82. The fraction of sp³-hybridized carbons (Fsp3) is 0.500. The van der Waals surface area contributed by atoms with E-state index in [-0.39, 0.29) is 0 Å². The van der Waals surface area contributed by atoms with Crippen LogP contribution in [-0.2, 0) is 11.2 Å². The highest BCUT2D eigenvalue weighted by molar-refractivity contribution is 5.75. The second-order valence-corrected chi connectivity index (χ2v) is 4.73. The van der Waals surface area contributed by atoms with Crippen molar-refractivity contribution in [3.63, 3.8) is 0 Å². The van der Waals surface area contributed by atoms with Crippen LogP contribution in [-0.4, -0.2) is 11.1 Å². The van der Waals surface area contributed by atoms with Gasteiger partial charge in [0.1, 0.15) is 0 Å². The SMILES string of the molecule is CC(C)CCc1ccc([C@@H](C)C(=O)O)cc1. The minimum Gasteiger partial charge on any atom is -0.481 e. The molecule has 0 aliphatic rings. The molecular weight excluding hydrogens is 200 g/mol. The zero-order valence-electron chi connectivity index (χ0n) is 10.2. The van der Waals surface area contributed by atoms with Crippen LogP contribution in [0.3, 0.4) is 0 Å². The molecule has 1 aromatic carbocycles. The third-order valence-corrected chi connectivity index (χ3v) is 2.86. The van der Waals surface area contributed by atoms with Crippen molar-refractivity contribution >= 4 is 5.97 Å². The van der Waals surface area contributed by atoms with Crippen LogP contribution in [0.15, 0.2) is 24.3 Å². The zero-order chi connectivity index (χ0) is 12.1. The molecule has 0 aliphatic heterocycles. The maximum absolute atomic E-state index is 10.8. The van der Waals surface area contributed by atoms with E-state index in [1.165, 1.54) is 12.0 Å². The number of carboxylic acids is 1. The third kappa shape index (κ3) is 3.69. The van der Waals surface area contributed by atoms with Gasteiger partial charge in [-0.05, 0) is 36.8 Å². The van der Waals surface area contributed by atoms with Crippen molar-refractivity contribution in [3.8, 4) is 0 Å². The average molecular weight is 220 g/mol. The molecule has 1 rings (SSSR count). The first-order valence-electron chi connectivity index (χ1n) is 5.82. The molecular formula is C14H20O2. The highest BCUT2D eigenvalue weighted by Gasteiger charge is 2.12. The van der Waals surface area contributed by atoms with E-state index in [1.54, 1.807) is 6.92 Å². The van der Waals surface area contributed by atoms with Crippen LogP contribution in [0.2, 0.25) is 0 Å². The Hall–Kier alpha value is -1.31. The fourth-order valence-electron chi connectivity index (χ4n) is 1.57. The number of benzene rings is 1. The van der Waals surface area contributed by atoms with Gasteiger partial charge in [0.15, 0.2) is 0 Å². The van der Waals surface area contributed by atoms with Crippen molar-refractivity contribution in [1.82, 2.24) is 0 Å². The Kier molecular flexibility index (Phi) is 4.53. The molecule has 2 heteroatoms. The van der Waals surface area contributed by atoms with Crippen molar-refractivity contribution < 1.29 is 9.90 Å². The van der Waals surface area contributed by atoms with Gasteiger partial charge in [0.05, 0.1) is 5.92 Å². The van der Waals surface area contributed by atoms with Crippen LogP contribution in [0.1, 0.15) is 44.2 Å². The predicted octanol–water partition coefficient (Wildman–Crippen LogP) is 3.46. The second-order valence-electron chi connectivity index (χ2n) is 4.73. The number of hydrogen-bond acceptors (Lipinski definition) is 1. The van der Waals surface area contributed by atoms with Gasteiger partial charge in [-0.1, -0.05) is 38.1 Å². The molecule has 0 aromatic heterocycles. The van der Waals surface area contributed by atoms with E-state index < -0.39 is 11.9 Å². The van der Waals surface area contributed by atoms with Gasteiger partial charge in [0.25, 0.3) is 0 Å². The Bertz CT molecular complexity index is 338. The number of carboxylic acid groups (broad SMARTS) is 1. The van der Waals surface area contributed by atoms with E-state index in [1.807, 2.05) is 24.3 Å². The molecule has 0 radical (unpaired) electrons. The predicted molar refractivity (Wildman–Crippen MR) is 65.7 cm³/mol. The molecule has 2 nitrogen and oxygen atoms in total. The molecule has 1 atom stereocenters. The molecule has 1 aromatic rings. The van der Waals surface area contributed by atoms with E-state index in [0.717, 1.165) is 12.0 Å². The quantitative estimate of drug-likeness (QED) is 0.825. The van der Waals surface area contributed by atoms with E-state index in [4.69, 9.17) is 5.11 Å². The normalized spacial score (nSPS) is 12.8. The summed E-state index contributed by atoms with van der Waals surface area (Å²) in [6, 6.07) is 7.93. The number of aliphatic carboxylic acids is 1. The van der Waals surface area contributed by atoms with Crippen LogP contribution in [0.25, 0.3) is 0 Å². The van der Waals surface area contributed by atoms with Crippen molar-refractivity contribution in [2.45, 2.75) is 39.5 Å². The summed E-state index contributed by atoms with van der Waals surface area (Å²) in [5.41, 5.74) is 2.16. The smallest absolute Gasteiger partial charge is 0.310 e. The highest BCUT2D eigenvalue weighted by atomic mass is 16.4. The molecule has 0 saturated carbocycles. The van der Waals surface area contributed by atoms with E-state index in [2.05, 4.69) is 13.8 Å². The molecule has 0 amide bonds. The summed E-state index contributed by atoms with van der Waals surface area (Å²) in [7, 11) is 0. The molecule has 0 saturated heterocycles. The molecule has 0 bridgehead atoms. The lowest BCUT2D eigenvalue weighted by Gasteiger charge is -2.08. The van der Waals surface area contributed by atoms with Gasteiger partial charge in [-0.3, -0.25) is 4.79 Å². The lowest BCUT2D eigenvalue weighted by atomic mass is 9.97. The lowest BCUT2D eigenvalue weighted by molar-refractivity contribution is -0.138. The maximum Gasteiger partial charge on any atom is 0.310 e. The molecule has 0 fully saturated rings. The van der Waals surface area contributed by atoms with Crippen molar-refractivity contribution in [2.24, 2.45) is 5.92 Å². The summed E-state index contributed by atoms with van der Waals surface area (Å²) < 4.78 is 0. The molecule has 0 aliphatic carbocycles. The summed E-state index contributed by atoms with van der Waals surface area (Å²) >= 11 is 0.